The lowest BCUT2D eigenvalue weighted by atomic mass is 9.84. The minimum atomic E-state index is -0.851. The van der Waals surface area contributed by atoms with Crippen LogP contribution in [0.1, 0.15) is 64.2 Å². The van der Waals surface area contributed by atoms with Crippen molar-refractivity contribution in [3.05, 3.63) is 0 Å². The Kier molecular flexibility index (Phi) is 4.43. The van der Waals surface area contributed by atoms with Gasteiger partial charge in [0.25, 0.3) is 0 Å². The largest absolute Gasteiger partial charge is 0.479 e. The minimum Gasteiger partial charge on any atom is -0.479 e. The van der Waals surface area contributed by atoms with E-state index in [0.717, 1.165) is 19.3 Å². The van der Waals surface area contributed by atoms with Gasteiger partial charge in [0, 0.05) is 0 Å². The van der Waals surface area contributed by atoms with Crippen LogP contribution >= 0.6 is 0 Å². The van der Waals surface area contributed by atoms with Crippen molar-refractivity contribution >= 4 is 5.97 Å². The molecule has 3 nitrogen and oxygen atoms in total. The first-order valence-electron chi connectivity index (χ1n) is 7.10. The van der Waals surface area contributed by atoms with Gasteiger partial charge in [-0.25, -0.2) is 4.79 Å². The Morgan fingerprint density at radius 1 is 1.06 bits per heavy atom. The normalized spacial score (nSPS) is 25.6. The maximum Gasteiger partial charge on any atom is 0.335 e. The lowest BCUT2D eigenvalue weighted by molar-refractivity contribution is -0.173. The van der Waals surface area contributed by atoms with Crippen molar-refractivity contribution in [3.8, 4) is 0 Å². The minimum absolute atomic E-state index is 0.599. The molecular formula is C14H24O3. The fraction of sp³-hybridized carbons (Fsp3) is 0.929. The number of rotatable bonds is 4. The van der Waals surface area contributed by atoms with Crippen molar-refractivity contribution in [2.45, 2.75) is 69.8 Å². The molecule has 2 rings (SSSR count). The van der Waals surface area contributed by atoms with E-state index in [-0.39, 0.29) is 0 Å². The summed E-state index contributed by atoms with van der Waals surface area (Å²) >= 11 is 0. The molecule has 1 N–H and O–H groups in total. The van der Waals surface area contributed by atoms with Crippen molar-refractivity contribution in [1.82, 2.24) is 0 Å². The molecular weight excluding hydrogens is 216 g/mol. The van der Waals surface area contributed by atoms with Crippen LogP contribution in [-0.2, 0) is 9.53 Å². The lowest BCUT2D eigenvalue weighted by Gasteiger charge is -2.35. The summed E-state index contributed by atoms with van der Waals surface area (Å²) in [6.07, 6.45) is 10.9. The summed E-state index contributed by atoms with van der Waals surface area (Å²) < 4.78 is 5.87. The van der Waals surface area contributed by atoms with Crippen molar-refractivity contribution < 1.29 is 14.6 Å². The molecule has 3 heteroatoms. The molecule has 98 valence electrons. The number of hydrogen-bond acceptors (Lipinski definition) is 2. The second kappa shape index (κ2) is 5.85. The van der Waals surface area contributed by atoms with Crippen LogP contribution in [0.25, 0.3) is 0 Å². The molecule has 0 aliphatic heterocycles. The highest BCUT2D eigenvalue weighted by Gasteiger charge is 2.41. The van der Waals surface area contributed by atoms with Crippen molar-refractivity contribution in [1.29, 1.82) is 0 Å². The zero-order chi connectivity index (χ0) is 12.1. The molecule has 2 saturated carbocycles. The fourth-order valence-corrected chi connectivity index (χ4v) is 3.17. The monoisotopic (exact) mass is 240 g/mol. The van der Waals surface area contributed by atoms with E-state index in [9.17, 15) is 9.90 Å². The topological polar surface area (TPSA) is 46.5 Å². The molecule has 2 aliphatic rings. The van der Waals surface area contributed by atoms with Crippen LogP contribution in [0.5, 0.6) is 0 Å². The zero-order valence-corrected chi connectivity index (χ0v) is 10.6. The van der Waals surface area contributed by atoms with Gasteiger partial charge in [0.1, 0.15) is 0 Å². The predicted molar refractivity (Wildman–Crippen MR) is 66.0 cm³/mol. The molecule has 0 radical (unpaired) electrons. The van der Waals surface area contributed by atoms with E-state index in [2.05, 4.69) is 0 Å². The van der Waals surface area contributed by atoms with Gasteiger partial charge in [0.15, 0.2) is 5.60 Å². The van der Waals surface area contributed by atoms with E-state index in [1.54, 1.807) is 0 Å². The number of aliphatic carboxylic acids is 1. The molecule has 2 aliphatic carbocycles. The summed E-state index contributed by atoms with van der Waals surface area (Å²) in [7, 11) is 0. The van der Waals surface area contributed by atoms with Crippen LogP contribution in [0.15, 0.2) is 0 Å². The number of carbonyl (C=O) groups is 1. The quantitative estimate of drug-likeness (QED) is 0.819. The Balaban J connectivity index is 1.86. The number of carboxylic acids is 1. The van der Waals surface area contributed by atoms with Crippen LogP contribution in [-0.4, -0.2) is 23.3 Å². The zero-order valence-electron chi connectivity index (χ0n) is 10.6. The van der Waals surface area contributed by atoms with Gasteiger partial charge < -0.3 is 9.84 Å². The molecule has 0 atom stereocenters. The molecule has 17 heavy (non-hydrogen) atoms. The highest BCUT2D eigenvalue weighted by molar-refractivity contribution is 5.77. The van der Waals surface area contributed by atoms with Gasteiger partial charge >= 0.3 is 5.97 Å². The average molecular weight is 240 g/mol. The number of hydrogen-bond donors (Lipinski definition) is 1. The summed E-state index contributed by atoms with van der Waals surface area (Å²) in [6, 6.07) is 0. The third-order valence-corrected chi connectivity index (χ3v) is 4.37. The Morgan fingerprint density at radius 3 is 2.24 bits per heavy atom. The standard InChI is InChI=1S/C14H24O3/c15-13(16)14(9-5-2-6-10-14)17-11-12-7-3-1-4-8-12/h12H,1-11H2,(H,15,16). The van der Waals surface area contributed by atoms with E-state index in [1.165, 1.54) is 32.1 Å². The summed E-state index contributed by atoms with van der Waals surface area (Å²) in [5.41, 5.74) is -0.851. The van der Waals surface area contributed by atoms with Gasteiger partial charge in [-0.15, -0.1) is 0 Å². The highest BCUT2D eigenvalue weighted by Crippen LogP contribution is 2.34. The summed E-state index contributed by atoms with van der Waals surface area (Å²) in [6.45, 7) is 0.659. The molecule has 0 unspecified atom stereocenters. The molecule has 0 aromatic heterocycles. The van der Waals surface area contributed by atoms with E-state index in [4.69, 9.17) is 4.74 Å². The van der Waals surface area contributed by atoms with E-state index in [0.29, 0.717) is 25.4 Å². The van der Waals surface area contributed by atoms with Crippen molar-refractivity contribution in [2.75, 3.05) is 6.61 Å². The number of carboxylic acid groups (broad SMARTS) is 1. The smallest absolute Gasteiger partial charge is 0.335 e. The average Bonchev–Trinajstić information content (AvgIpc) is 2.38. The second-order valence-corrected chi connectivity index (χ2v) is 5.68. The number of ether oxygens (including phenoxy) is 1. The molecule has 2 fully saturated rings. The first kappa shape index (κ1) is 12.9. The van der Waals surface area contributed by atoms with Gasteiger partial charge in [-0.05, 0) is 44.4 Å². The Morgan fingerprint density at radius 2 is 1.65 bits per heavy atom. The SMILES string of the molecule is O=C(O)C1(OCC2CCCCC2)CCCCC1. The van der Waals surface area contributed by atoms with Crippen LogP contribution in [0.4, 0.5) is 0 Å². The van der Waals surface area contributed by atoms with Gasteiger partial charge in [-0.1, -0.05) is 25.7 Å². The predicted octanol–water partition coefficient (Wildman–Crippen LogP) is 3.37. The third-order valence-electron chi connectivity index (χ3n) is 4.37. The highest BCUT2D eigenvalue weighted by atomic mass is 16.5. The van der Waals surface area contributed by atoms with Gasteiger partial charge in [0.05, 0.1) is 6.61 Å². The Hall–Kier alpha value is -0.570. The molecule has 0 heterocycles. The van der Waals surface area contributed by atoms with E-state index < -0.39 is 11.6 Å². The van der Waals surface area contributed by atoms with Crippen LogP contribution in [0, 0.1) is 5.92 Å². The van der Waals surface area contributed by atoms with Gasteiger partial charge in [-0.2, -0.15) is 0 Å². The second-order valence-electron chi connectivity index (χ2n) is 5.68. The van der Waals surface area contributed by atoms with E-state index >= 15 is 0 Å². The first-order chi connectivity index (χ1) is 8.23. The summed E-state index contributed by atoms with van der Waals surface area (Å²) in [4.78, 5) is 11.4. The Labute approximate surface area is 104 Å². The summed E-state index contributed by atoms with van der Waals surface area (Å²) in [5.74, 6) is -0.144. The molecule has 0 aromatic carbocycles. The molecule has 0 bridgehead atoms. The van der Waals surface area contributed by atoms with Crippen LogP contribution < -0.4 is 0 Å². The first-order valence-corrected chi connectivity index (χ1v) is 7.10. The molecule has 0 amide bonds. The molecule has 0 saturated heterocycles. The third kappa shape index (κ3) is 3.21. The van der Waals surface area contributed by atoms with Crippen molar-refractivity contribution in [3.63, 3.8) is 0 Å². The van der Waals surface area contributed by atoms with E-state index in [1.807, 2.05) is 0 Å². The van der Waals surface area contributed by atoms with Gasteiger partial charge in [0.2, 0.25) is 0 Å². The maximum absolute atomic E-state index is 11.4. The fourth-order valence-electron chi connectivity index (χ4n) is 3.17. The summed E-state index contributed by atoms with van der Waals surface area (Å²) in [5, 5.41) is 9.39. The Bertz CT molecular complexity index is 250. The van der Waals surface area contributed by atoms with Crippen LogP contribution in [0.3, 0.4) is 0 Å². The van der Waals surface area contributed by atoms with Crippen molar-refractivity contribution in [2.24, 2.45) is 5.92 Å². The molecule has 0 aromatic rings. The maximum atomic E-state index is 11.4. The van der Waals surface area contributed by atoms with Crippen LogP contribution in [0.2, 0.25) is 0 Å². The lowest BCUT2D eigenvalue weighted by Crippen LogP contribution is -2.44. The molecule has 0 spiro atoms. The van der Waals surface area contributed by atoms with Gasteiger partial charge in [-0.3, -0.25) is 0 Å².